The van der Waals surface area contributed by atoms with Gasteiger partial charge in [-0.2, -0.15) is 4.98 Å². The van der Waals surface area contributed by atoms with Crippen molar-refractivity contribution in [2.45, 2.75) is 58.0 Å². The smallest absolute Gasteiger partial charge is 0.315 e. The van der Waals surface area contributed by atoms with E-state index in [1.807, 2.05) is 36.1 Å². The van der Waals surface area contributed by atoms with E-state index in [4.69, 9.17) is 4.52 Å². The van der Waals surface area contributed by atoms with E-state index >= 15 is 0 Å². The van der Waals surface area contributed by atoms with Gasteiger partial charge in [-0.15, -0.1) is 0 Å². The molecule has 1 saturated carbocycles. The predicted octanol–water partition coefficient (Wildman–Crippen LogP) is 2.71. The quantitative estimate of drug-likeness (QED) is 0.667. The number of aryl methyl sites for hydroxylation is 1. The van der Waals surface area contributed by atoms with Crippen LogP contribution in [0, 0.1) is 6.92 Å². The van der Waals surface area contributed by atoms with Gasteiger partial charge in [0.05, 0.1) is 6.54 Å². The van der Waals surface area contributed by atoms with Gasteiger partial charge in [-0.25, -0.2) is 4.79 Å². The first-order chi connectivity index (χ1) is 16.1. The lowest BCUT2D eigenvalue weighted by molar-refractivity contribution is -0.132. The fraction of sp³-hybridized carbons (Fsp3) is 0.583. The molecule has 178 valence electrons. The van der Waals surface area contributed by atoms with Crippen molar-refractivity contribution in [3.63, 3.8) is 0 Å². The standard InChI is InChI=1S/C24H34N6O3/c1-18-7-9-19(10-8-18)23-27-21(33-28-23)17-29-13-15-30(16-14-29)22(31)11-12-25-24(32)26-20-5-3-2-4-6-20/h7-10,20H,2-6,11-17H2,1H3,(H2,25,26,32). The number of rotatable bonds is 7. The van der Waals surface area contributed by atoms with Gasteiger partial charge >= 0.3 is 6.03 Å². The van der Waals surface area contributed by atoms with Crippen LogP contribution in [0.5, 0.6) is 0 Å². The molecule has 1 saturated heterocycles. The van der Waals surface area contributed by atoms with Crippen LogP contribution in [0.3, 0.4) is 0 Å². The van der Waals surface area contributed by atoms with Crippen LogP contribution in [-0.2, 0) is 11.3 Å². The first-order valence-corrected chi connectivity index (χ1v) is 12.0. The van der Waals surface area contributed by atoms with Gasteiger partial charge in [0, 0.05) is 50.7 Å². The van der Waals surface area contributed by atoms with E-state index in [2.05, 4.69) is 25.7 Å². The monoisotopic (exact) mass is 454 g/mol. The summed E-state index contributed by atoms with van der Waals surface area (Å²) in [6, 6.07) is 8.14. The molecule has 2 N–H and O–H groups in total. The maximum Gasteiger partial charge on any atom is 0.315 e. The molecule has 1 aliphatic heterocycles. The van der Waals surface area contributed by atoms with Gasteiger partial charge in [0.1, 0.15) is 0 Å². The Morgan fingerprint density at radius 1 is 1.06 bits per heavy atom. The van der Waals surface area contributed by atoms with Crippen LogP contribution in [0.2, 0.25) is 0 Å². The lowest BCUT2D eigenvalue weighted by atomic mass is 9.96. The number of hydrogen-bond acceptors (Lipinski definition) is 6. The highest BCUT2D eigenvalue weighted by molar-refractivity contribution is 5.78. The van der Waals surface area contributed by atoms with Gasteiger partial charge < -0.3 is 20.1 Å². The molecule has 2 aromatic rings. The molecule has 0 unspecified atom stereocenters. The maximum atomic E-state index is 12.5. The fourth-order valence-corrected chi connectivity index (χ4v) is 4.41. The molecular weight excluding hydrogens is 420 g/mol. The third-order valence-corrected chi connectivity index (χ3v) is 6.43. The van der Waals surface area contributed by atoms with Crippen molar-refractivity contribution in [3.05, 3.63) is 35.7 Å². The molecule has 0 atom stereocenters. The average molecular weight is 455 g/mol. The van der Waals surface area contributed by atoms with E-state index in [0.717, 1.165) is 31.5 Å². The Bertz CT molecular complexity index is 915. The molecular formula is C24H34N6O3. The molecule has 2 aliphatic rings. The molecule has 0 spiro atoms. The lowest BCUT2D eigenvalue weighted by Crippen LogP contribution is -2.49. The van der Waals surface area contributed by atoms with Crippen molar-refractivity contribution < 1.29 is 14.1 Å². The van der Waals surface area contributed by atoms with Gasteiger partial charge in [-0.1, -0.05) is 54.2 Å². The summed E-state index contributed by atoms with van der Waals surface area (Å²) in [5, 5.41) is 9.93. The molecule has 2 fully saturated rings. The van der Waals surface area contributed by atoms with E-state index in [-0.39, 0.29) is 18.0 Å². The van der Waals surface area contributed by atoms with Crippen LogP contribution in [0.25, 0.3) is 11.4 Å². The number of urea groups is 1. The summed E-state index contributed by atoms with van der Waals surface area (Å²) >= 11 is 0. The predicted molar refractivity (Wildman–Crippen MR) is 124 cm³/mol. The average Bonchev–Trinajstić information content (AvgIpc) is 3.29. The summed E-state index contributed by atoms with van der Waals surface area (Å²) in [5.41, 5.74) is 2.13. The normalized spacial score (nSPS) is 17.7. The largest absolute Gasteiger partial charge is 0.340 e. The lowest BCUT2D eigenvalue weighted by Gasteiger charge is -2.34. The Morgan fingerprint density at radius 2 is 1.79 bits per heavy atom. The minimum atomic E-state index is -0.163. The number of piperazine rings is 1. The fourth-order valence-electron chi connectivity index (χ4n) is 4.41. The molecule has 4 rings (SSSR count). The van der Waals surface area contributed by atoms with Crippen molar-refractivity contribution in [2.75, 3.05) is 32.7 Å². The highest BCUT2D eigenvalue weighted by Crippen LogP contribution is 2.18. The van der Waals surface area contributed by atoms with Crippen molar-refractivity contribution in [3.8, 4) is 11.4 Å². The van der Waals surface area contributed by atoms with Crippen LogP contribution < -0.4 is 10.6 Å². The third kappa shape index (κ3) is 6.77. The van der Waals surface area contributed by atoms with Crippen molar-refractivity contribution in [1.29, 1.82) is 0 Å². The molecule has 1 aromatic heterocycles. The second kappa shape index (κ2) is 11.3. The van der Waals surface area contributed by atoms with Gasteiger partial charge in [-0.05, 0) is 19.8 Å². The van der Waals surface area contributed by atoms with Crippen molar-refractivity contribution in [1.82, 2.24) is 30.6 Å². The topological polar surface area (TPSA) is 104 Å². The summed E-state index contributed by atoms with van der Waals surface area (Å²) in [7, 11) is 0. The summed E-state index contributed by atoms with van der Waals surface area (Å²) in [6.07, 6.45) is 6.03. The maximum absolute atomic E-state index is 12.5. The van der Waals surface area contributed by atoms with Crippen molar-refractivity contribution in [2.24, 2.45) is 0 Å². The number of carbonyl (C=O) groups excluding carboxylic acids is 2. The number of carbonyl (C=O) groups is 2. The molecule has 1 aromatic carbocycles. The molecule has 0 bridgehead atoms. The van der Waals surface area contributed by atoms with Gasteiger partial charge in [0.2, 0.25) is 17.6 Å². The molecule has 0 radical (unpaired) electrons. The first-order valence-electron chi connectivity index (χ1n) is 12.0. The SMILES string of the molecule is Cc1ccc(-c2noc(CN3CCN(C(=O)CCNC(=O)NC4CCCCC4)CC3)n2)cc1. The number of benzene rings is 1. The minimum Gasteiger partial charge on any atom is -0.340 e. The Balaban J connectivity index is 1.14. The second-order valence-electron chi connectivity index (χ2n) is 9.02. The number of hydrogen-bond donors (Lipinski definition) is 2. The highest BCUT2D eigenvalue weighted by atomic mass is 16.5. The highest BCUT2D eigenvalue weighted by Gasteiger charge is 2.23. The Kier molecular flexibility index (Phi) is 7.93. The van der Waals surface area contributed by atoms with Crippen LogP contribution in [0.1, 0.15) is 50.0 Å². The van der Waals surface area contributed by atoms with Gasteiger partial charge in [0.25, 0.3) is 0 Å². The molecule has 9 nitrogen and oxygen atoms in total. The van der Waals surface area contributed by atoms with E-state index < -0.39 is 0 Å². The van der Waals surface area contributed by atoms with Crippen LogP contribution in [-0.4, -0.2) is 70.6 Å². The summed E-state index contributed by atoms with van der Waals surface area (Å²) in [5.74, 6) is 1.25. The van der Waals surface area contributed by atoms with Crippen molar-refractivity contribution >= 4 is 11.9 Å². The molecule has 1 aliphatic carbocycles. The number of amides is 3. The summed E-state index contributed by atoms with van der Waals surface area (Å²) < 4.78 is 5.43. The first kappa shape index (κ1) is 23.2. The van der Waals surface area contributed by atoms with E-state index in [1.54, 1.807) is 0 Å². The van der Waals surface area contributed by atoms with E-state index in [1.165, 1.54) is 24.8 Å². The zero-order chi connectivity index (χ0) is 23.0. The molecule has 9 heteroatoms. The minimum absolute atomic E-state index is 0.0760. The van der Waals surface area contributed by atoms with Crippen LogP contribution in [0.15, 0.2) is 28.8 Å². The Hall–Kier alpha value is -2.94. The molecule has 3 amide bonds. The molecule has 2 heterocycles. The summed E-state index contributed by atoms with van der Waals surface area (Å²) in [6.45, 7) is 5.80. The van der Waals surface area contributed by atoms with Crippen LogP contribution >= 0.6 is 0 Å². The van der Waals surface area contributed by atoms with Crippen LogP contribution in [0.4, 0.5) is 4.79 Å². The van der Waals surface area contributed by atoms with Gasteiger partial charge in [-0.3, -0.25) is 9.69 Å². The van der Waals surface area contributed by atoms with Gasteiger partial charge in [0.15, 0.2) is 0 Å². The summed E-state index contributed by atoms with van der Waals surface area (Å²) in [4.78, 5) is 33.1. The zero-order valence-corrected chi connectivity index (χ0v) is 19.4. The van der Waals surface area contributed by atoms with E-state index in [0.29, 0.717) is 44.3 Å². The number of nitrogens with one attached hydrogen (secondary N) is 2. The van der Waals surface area contributed by atoms with E-state index in [9.17, 15) is 9.59 Å². The number of nitrogens with zero attached hydrogens (tertiary/aromatic N) is 4. The second-order valence-corrected chi connectivity index (χ2v) is 9.02. The number of aromatic nitrogens is 2. The third-order valence-electron chi connectivity index (χ3n) is 6.43. The zero-order valence-electron chi connectivity index (χ0n) is 19.4. The Morgan fingerprint density at radius 3 is 2.52 bits per heavy atom. The Labute approximate surface area is 194 Å². The molecule has 33 heavy (non-hydrogen) atoms.